The van der Waals surface area contributed by atoms with Crippen LogP contribution in [-0.4, -0.2) is 24.0 Å². The minimum Gasteiger partial charge on any atom is -0.384 e. The van der Waals surface area contributed by atoms with E-state index >= 15 is 0 Å². The maximum absolute atomic E-state index is 11.8. The summed E-state index contributed by atoms with van der Waals surface area (Å²) in [5.41, 5.74) is 1.97. The number of carbonyl (C=O) groups excluding carboxylic acids is 1. The summed E-state index contributed by atoms with van der Waals surface area (Å²) >= 11 is 6.02. The van der Waals surface area contributed by atoms with Crippen LogP contribution in [-0.2, 0) is 4.79 Å². The highest BCUT2D eigenvalue weighted by Crippen LogP contribution is 2.24. The Bertz CT molecular complexity index is 705. The molecule has 0 aliphatic heterocycles. The third-order valence-corrected chi connectivity index (χ3v) is 4.94. The number of fused-ring (bicyclic) bond motifs is 1. The molecule has 2 aromatic rings. The Balaban J connectivity index is 1.55. The second-order valence-electron chi connectivity index (χ2n) is 7.02. The van der Waals surface area contributed by atoms with Crippen LogP contribution in [0.4, 0.5) is 5.69 Å². The number of rotatable bonds is 13. The zero-order chi connectivity index (χ0) is 19.3. The van der Waals surface area contributed by atoms with Gasteiger partial charge in [-0.1, -0.05) is 50.6 Å². The Morgan fingerprint density at radius 1 is 1.00 bits per heavy atom. The lowest BCUT2D eigenvalue weighted by molar-refractivity contribution is -0.121. The Labute approximate surface area is 168 Å². The number of halogens is 1. The summed E-state index contributed by atoms with van der Waals surface area (Å²) < 4.78 is 0. The van der Waals surface area contributed by atoms with Crippen LogP contribution in [0.5, 0.6) is 0 Å². The zero-order valence-corrected chi connectivity index (χ0v) is 17.2. The molecule has 0 aliphatic rings. The van der Waals surface area contributed by atoms with Crippen molar-refractivity contribution in [3.8, 4) is 0 Å². The van der Waals surface area contributed by atoms with Crippen LogP contribution >= 0.6 is 11.6 Å². The average Bonchev–Trinajstić information content (AvgIpc) is 2.67. The molecule has 0 atom stereocenters. The molecule has 0 aliphatic carbocycles. The van der Waals surface area contributed by atoms with Gasteiger partial charge >= 0.3 is 0 Å². The molecule has 0 saturated heterocycles. The molecule has 1 aromatic carbocycles. The number of amides is 1. The number of hydrogen-bond acceptors (Lipinski definition) is 3. The van der Waals surface area contributed by atoms with Gasteiger partial charge in [0.15, 0.2) is 0 Å². The smallest absolute Gasteiger partial charge is 0.219 e. The van der Waals surface area contributed by atoms with Gasteiger partial charge in [0.25, 0.3) is 0 Å². The van der Waals surface area contributed by atoms with Gasteiger partial charge in [-0.25, -0.2) is 0 Å². The molecule has 0 fully saturated rings. The first-order chi connectivity index (χ1) is 13.2. The quantitative estimate of drug-likeness (QED) is 0.416. The fourth-order valence-corrected chi connectivity index (χ4v) is 3.30. The van der Waals surface area contributed by atoms with Gasteiger partial charge in [0.05, 0.1) is 5.52 Å². The van der Waals surface area contributed by atoms with Gasteiger partial charge in [0.2, 0.25) is 5.91 Å². The van der Waals surface area contributed by atoms with E-state index in [4.69, 9.17) is 11.6 Å². The summed E-state index contributed by atoms with van der Waals surface area (Å²) in [5.74, 6) is 0.190. The second kappa shape index (κ2) is 12.6. The summed E-state index contributed by atoms with van der Waals surface area (Å²) in [6.07, 6.45) is 11.7. The Hall–Kier alpha value is -1.81. The predicted molar refractivity (Wildman–Crippen MR) is 115 cm³/mol. The molecular formula is C22H32ClN3O. The van der Waals surface area contributed by atoms with Crippen LogP contribution in [0.3, 0.4) is 0 Å². The number of unbranched alkanes of at least 4 members (excludes halogenated alkanes) is 6. The largest absolute Gasteiger partial charge is 0.384 e. The van der Waals surface area contributed by atoms with Crippen molar-refractivity contribution < 1.29 is 4.79 Å². The highest BCUT2D eigenvalue weighted by atomic mass is 35.5. The summed E-state index contributed by atoms with van der Waals surface area (Å²) in [7, 11) is 0. The standard InChI is InChI=1S/C22H32ClN3O/c1-2-3-4-5-6-7-10-22(27)26-15-9-8-14-24-20-13-16-25-21-17-18(23)11-12-19(20)21/h11-13,16-17H,2-10,14-15H2,1H3,(H,24,25)(H,26,27). The van der Waals surface area contributed by atoms with Gasteiger partial charge in [-0.15, -0.1) is 0 Å². The van der Waals surface area contributed by atoms with Gasteiger partial charge in [-0.05, 0) is 43.5 Å². The molecule has 0 bridgehead atoms. The van der Waals surface area contributed by atoms with Crippen molar-refractivity contribution in [2.45, 2.75) is 64.7 Å². The third-order valence-electron chi connectivity index (χ3n) is 4.70. The van der Waals surface area contributed by atoms with Gasteiger partial charge in [0.1, 0.15) is 0 Å². The molecule has 4 nitrogen and oxygen atoms in total. The Kier molecular flexibility index (Phi) is 9.99. The fourth-order valence-electron chi connectivity index (χ4n) is 3.13. The minimum absolute atomic E-state index is 0.190. The van der Waals surface area contributed by atoms with Crippen molar-refractivity contribution in [1.29, 1.82) is 0 Å². The van der Waals surface area contributed by atoms with Crippen LogP contribution < -0.4 is 10.6 Å². The van der Waals surface area contributed by atoms with Crippen LogP contribution in [0.25, 0.3) is 10.9 Å². The summed E-state index contributed by atoms with van der Waals surface area (Å²) in [5, 5.41) is 8.26. The Morgan fingerprint density at radius 2 is 1.78 bits per heavy atom. The van der Waals surface area contributed by atoms with Gasteiger partial charge in [-0.2, -0.15) is 0 Å². The summed E-state index contributed by atoms with van der Waals surface area (Å²) in [6.45, 7) is 3.84. The Morgan fingerprint density at radius 3 is 2.63 bits per heavy atom. The van der Waals surface area contributed by atoms with Crippen molar-refractivity contribution in [3.63, 3.8) is 0 Å². The molecule has 0 unspecified atom stereocenters. The van der Waals surface area contributed by atoms with Crippen LogP contribution in [0.2, 0.25) is 5.02 Å². The summed E-state index contributed by atoms with van der Waals surface area (Å²) in [4.78, 5) is 16.2. The molecular weight excluding hydrogens is 358 g/mol. The third kappa shape index (κ3) is 8.17. The van der Waals surface area contributed by atoms with E-state index in [1.807, 2.05) is 24.3 Å². The fraction of sp³-hybridized carbons (Fsp3) is 0.545. The van der Waals surface area contributed by atoms with E-state index in [0.717, 1.165) is 48.9 Å². The molecule has 0 spiro atoms. The highest BCUT2D eigenvalue weighted by molar-refractivity contribution is 6.31. The van der Waals surface area contributed by atoms with Gasteiger partial charge in [0, 0.05) is 41.8 Å². The van der Waals surface area contributed by atoms with Crippen molar-refractivity contribution in [1.82, 2.24) is 10.3 Å². The molecule has 0 saturated carbocycles. The molecule has 1 heterocycles. The number of nitrogens with zero attached hydrogens (tertiary/aromatic N) is 1. The lowest BCUT2D eigenvalue weighted by atomic mass is 10.1. The van der Waals surface area contributed by atoms with Crippen molar-refractivity contribution >= 4 is 34.1 Å². The first-order valence-corrected chi connectivity index (χ1v) is 10.6. The van der Waals surface area contributed by atoms with E-state index < -0.39 is 0 Å². The maximum Gasteiger partial charge on any atom is 0.219 e. The predicted octanol–water partition coefficient (Wildman–Crippen LogP) is 5.95. The lowest BCUT2D eigenvalue weighted by Gasteiger charge is -2.10. The van der Waals surface area contributed by atoms with E-state index in [1.165, 1.54) is 32.1 Å². The first kappa shape index (κ1) is 21.5. The minimum atomic E-state index is 0.190. The molecule has 1 amide bonds. The van der Waals surface area contributed by atoms with E-state index in [2.05, 4.69) is 22.5 Å². The van der Waals surface area contributed by atoms with Crippen molar-refractivity contribution in [3.05, 3.63) is 35.5 Å². The number of nitrogens with one attached hydrogen (secondary N) is 2. The van der Waals surface area contributed by atoms with Crippen LogP contribution in [0.15, 0.2) is 30.5 Å². The van der Waals surface area contributed by atoms with Crippen LogP contribution in [0, 0.1) is 0 Å². The maximum atomic E-state index is 11.8. The number of pyridine rings is 1. The lowest BCUT2D eigenvalue weighted by Crippen LogP contribution is -2.24. The zero-order valence-electron chi connectivity index (χ0n) is 16.4. The van der Waals surface area contributed by atoms with E-state index in [-0.39, 0.29) is 5.91 Å². The highest BCUT2D eigenvalue weighted by Gasteiger charge is 2.03. The molecule has 2 N–H and O–H groups in total. The molecule has 2 rings (SSSR count). The topological polar surface area (TPSA) is 54.0 Å². The molecule has 0 radical (unpaired) electrons. The monoisotopic (exact) mass is 389 g/mol. The van der Waals surface area contributed by atoms with Crippen molar-refractivity contribution in [2.75, 3.05) is 18.4 Å². The number of hydrogen-bond donors (Lipinski definition) is 2. The van der Waals surface area contributed by atoms with Gasteiger partial charge in [-0.3, -0.25) is 9.78 Å². The number of aromatic nitrogens is 1. The van der Waals surface area contributed by atoms with E-state index in [1.54, 1.807) is 6.20 Å². The van der Waals surface area contributed by atoms with E-state index in [0.29, 0.717) is 11.4 Å². The van der Waals surface area contributed by atoms with E-state index in [9.17, 15) is 4.79 Å². The average molecular weight is 390 g/mol. The summed E-state index contributed by atoms with van der Waals surface area (Å²) in [6, 6.07) is 7.74. The number of benzene rings is 1. The number of carbonyl (C=O) groups is 1. The van der Waals surface area contributed by atoms with Crippen LogP contribution in [0.1, 0.15) is 64.7 Å². The molecule has 5 heteroatoms. The number of anilines is 1. The van der Waals surface area contributed by atoms with Crippen molar-refractivity contribution in [2.24, 2.45) is 0 Å². The van der Waals surface area contributed by atoms with Gasteiger partial charge < -0.3 is 10.6 Å². The molecule has 1 aromatic heterocycles. The SMILES string of the molecule is CCCCCCCCC(=O)NCCCCNc1ccnc2cc(Cl)ccc12. The normalized spacial score (nSPS) is 10.9. The molecule has 148 valence electrons. The second-order valence-corrected chi connectivity index (χ2v) is 7.46. The molecule has 27 heavy (non-hydrogen) atoms. The first-order valence-electron chi connectivity index (χ1n) is 10.3.